The lowest BCUT2D eigenvalue weighted by atomic mass is 10.1. The average Bonchev–Trinajstić information content (AvgIpc) is 2.76. The van der Waals surface area contributed by atoms with Gasteiger partial charge < -0.3 is 25.0 Å². The molecule has 1 aliphatic heterocycles. The van der Waals surface area contributed by atoms with E-state index in [4.69, 9.17) is 26.2 Å². The maximum absolute atomic E-state index is 12.7. The van der Waals surface area contributed by atoms with Gasteiger partial charge in [0.1, 0.15) is 0 Å². The van der Waals surface area contributed by atoms with Crippen LogP contribution in [-0.4, -0.2) is 70.6 Å². The maximum atomic E-state index is 12.7. The van der Waals surface area contributed by atoms with Gasteiger partial charge in [-0.15, -0.1) is 0 Å². The van der Waals surface area contributed by atoms with Crippen LogP contribution in [0.4, 0.5) is 0 Å². The fraction of sp³-hybridized carbons (Fsp3) is 0.350. The first-order valence-electron chi connectivity index (χ1n) is 9.47. The van der Waals surface area contributed by atoms with Crippen LogP contribution in [0, 0.1) is 0 Å². The molecule has 0 radical (unpaired) electrons. The molecule has 1 saturated heterocycles. The molecule has 0 spiro atoms. The lowest BCUT2D eigenvalue weighted by Gasteiger charge is -2.35. The molecular formula is C20H23ClN4O6. The van der Waals surface area contributed by atoms with Gasteiger partial charge in [-0.2, -0.15) is 0 Å². The summed E-state index contributed by atoms with van der Waals surface area (Å²) in [6.45, 7) is 1.26. The third-order valence-electron chi connectivity index (χ3n) is 4.48. The van der Waals surface area contributed by atoms with Crippen molar-refractivity contribution >= 4 is 29.9 Å². The number of H-pyrrole nitrogens is 1. The Hall–Kier alpha value is -3.24. The molecule has 1 aliphatic rings. The fourth-order valence-electron chi connectivity index (χ4n) is 3.03. The van der Waals surface area contributed by atoms with Gasteiger partial charge in [0.15, 0.2) is 5.69 Å². The average molecular weight is 451 g/mol. The van der Waals surface area contributed by atoms with Crippen molar-refractivity contribution in [2.24, 2.45) is 0 Å². The quantitative estimate of drug-likeness (QED) is 0.550. The minimum absolute atomic E-state index is 0.113. The highest BCUT2D eigenvalue weighted by molar-refractivity contribution is 6.30. The Balaban J connectivity index is 0.00000107. The summed E-state index contributed by atoms with van der Waals surface area (Å²) in [5, 5.41) is 10.4. The van der Waals surface area contributed by atoms with E-state index in [-0.39, 0.29) is 30.5 Å². The number of hydrogen-bond donors (Lipinski definition) is 3. The summed E-state index contributed by atoms with van der Waals surface area (Å²) in [7, 11) is 0. The van der Waals surface area contributed by atoms with E-state index < -0.39 is 11.5 Å². The molecule has 2 aromatic rings. The van der Waals surface area contributed by atoms with Crippen molar-refractivity contribution in [1.82, 2.24) is 20.2 Å². The van der Waals surface area contributed by atoms with Crippen LogP contribution >= 0.6 is 11.6 Å². The first-order valence-corrected chi connectivity index (χ1v) is 9.85. The standard InChI is InChI=1S/C19H21ClN4O4.CH2O2/c20-14-3-1-13(2-4-14)11-16(25)21-6-5-15-12-28-10-9-24(15)19(27)17-18(26)23-8-7-22-17;2-1-3/h1-4,7-8,15H,5-6,9-12H2,(H,21,25)(H,23,26);1H,(H,2,3). The summed E-state index contributed by atoms with van der Waals surface area (Å²) in [5.74, 6) is -0.541. The van der Waals surface area contributed by atoms with E-state index in [0.717, 1.165) is 5.56 Å². The molecule has 31 heavy (non-hydrogen) atoms. The number of carbonyl (C=O) groups excluding carboxylic acids is 2. The molecule has 166 valence electrons. The molecule has 10 nitrogen and oxygen atoms in total. The van der Waals surface area contributed by atoms with Crippen molar-refractivity contribution in [2.45, 2.75) is 18.9 Å². The van der Waals surface area contributed by atoms with Gasteiger partial charge in [0.05, 0.1) is 25.7 Å². The largest absolute Gasteiger partial charge is 0.483 e. The zero-order valence-electron chi connectivity index (χ0n) is 16.6. The number of amides is 2. The molecule has 1 atom stereocenters. The summed E-state index contributed by atoms with van der Waals surface area (Å²) >= 11 is 5.84. The number of nitrogens with zero attached hydrogens (tertiary/aromatic N) is 2. The summed E-state index contributed by atoms with van der Waals surface area (Å²) in [6.07, 6.45) is 3.53. The molecule has 1 fully saturated rings. The smallest absolute Gasteiger partial charge is 0.290 e. The van der Waals surface area contributed by atoms with Gasteiger partial charge in [-0.25, -0.2) is 4.98 Å². The van der Waals surface area contributed by atoms with Crippen LogP contribution in [0.25, 0.3) is 0 Å². The van der Waals surface area contributed by atoms with E-state index >= 15 is 0 Å². The number of hydrogen-bond acceptors (Lipinski definition) is 6. The normalized spacial score (nSPS) is 15.4. The van der Waals surface area contributed by atoms with Crippen LogP contribution in [0.3, 0.4) is 0 Å². The number of ether oxygens (including phenoxy) is 1. The number of rotatable bonds is 6. The van der Waals surface area contributed by atoms with Crippen LogP contribution in [0.5, 0.6) is 0 Å². The molecule has 3 rings (SSSR count). The summed E-state index contributed by atoms with van der Waals surface area (Å²) in [5.41, 5.74) is 0.212. The number of halogens is 1. The second-order valence-corrected chi connectivity index (χ2v) is 6.98. The third-order valence-corrected chi connectivity index (χ3v) is 4.73. The van der Waals surface area contributed by atoms with Crippen LogP contribution in [0.2, 0.25) is 5.02 Å². The highest BCUT2D eigenvalue weighted by Crippen LogP contribution is 2.13. The molecular weight excluding hydrogens is 428 g/mol. The predicted octanol–water partition coefficient (Wildman–Crippen LogP) is 0.714. The van der Waals surface area contributed by atoms with Gasteiger partial charge >= 0.3 is 0 Å². The highest BCUT2D eigenvalue weighted by Gasteiger charge is 2.30. The van der Waals surface area contributed by atoms with Crippen LogP contribution in [0.1, 0.15) is 22.5 Å². The van der Waals surface area contributed by atoms with Gasteiger partial charge in [-0.3, -0.25) is 19.2 Å². The minimum Gasteiger partial charge on any atom is -0.483 e. The Morgan fingerprint density at radius 2 is 2.06 bits per heavy atom. The number of carbonyl (C=O) groups is 3. The first-order chi connectivity index (χ1) is 15.0. The minimum atomic E-state index is -0.519. The van der Waals surface area contributed by atoms with Crippen LogP contribution in [-0.2, 0) is 20.7 Å². The molecule has 0 saturated carbocycles. The summed E-state index contributed by atoms with van der Waals surface area (Å²) in [4.78, 5) is 52.9. The molecule has 3 N–H and O–H groups in total. The van der Waals surface area contributed by atoms with Gasteiger partial charge in [0.25, 0.3) is 17.9 Å². The van der Waals surface area contributed by atoms with Crippen molar-refractivity contribution in [3.05, 3.63) is 63.3 Å². The van der Waals surface area contributed by atoms with E-state index in [0.29, 0.717) is 37.7 Å². The van der Waals surface area contributed by atoms with E-state index in [2.05, 4.69) is 15.3 Å². The van der Waals surface area contributed by atoms with Crippen molar-refractivity contribution < 1.29 is 24.2 Å². The molecule has 2 heterocycles. The van der Waals surface area contributed by atoms with Gasteiger partial charge in [-0.1, -0.05) is 23.7 Å². The van der Waals surface area contributed by atoms with E-state index in [1.165, 1.54) is 12.4 Å². The number of benzene rings is 1. The summed E-state index contributed by atoms with van der Waals surface area (Å²) in [6, 6.07) is 6.86. The molecule has 11 heteroatoms. The predicted molar refractivity (Wildman–Crippen MR) is 112 cm³/mol. The fourth-order valence-corrected chi connectivity index (χ4v) is 3.16. The SMILES string of the molecule is O=C(Cc1ccc(Cl)cc1)NCCC1COCCN1C(=O)c1ncc[nH]c1=O.O=CO. The van der Waals surface area contributed by atoms with E-state index in [9.17, 15) is 14.4 Å². The molecule has 0 bridgehead atoms. The molecule has 2 amide bonds. The number of aromatic nitrogens is 2. The van der Waals surface area contributed by atoms with Crippen molar-refractivity contribution in [3.8, 4) is 0 Å². The Labute approximate surface area is 183 Å². The molecule has 1 aromatic carbocycles. The Morgan fingerprint density at radius 1 is 1.35 bits per heavy atom. The van der Waals surface area contributed by atoms with E-state index in [1.54, 1.807) is 17.0 Å². The molecule has 1 aromatic heterocycles. The topological polar surface area (TPSA) is 142 Å². The molecule has 1 unspecified atom stereocenters. The monoisotopic (exact) mass is 450 g/mol. The zero-order valence-corrected chi connectivity index (χ0v) is 17.4. The van der Waals surface area contributed by atoms with Crippen LogP contribution < -0.4 is 10.9 Å². The van der Waals surface area contributed by atoms with Crippen LogP contribution in [0.15, 0.2) is 41.5 Å². The number of morpholine rings is 1. The summed E-state index contributed by atoms with van der Waals surface area (Å²) < 4.78 is 5.47. The highest BCUT2D eigenvalue weighted by atomic mass is 35.5. The third kappa shape index (κ3) is 7.50. The Bertz CT molecular complexity index is 934. The van der Waals surface area contributed by atoms with Crippen molar-refractivity contribution in [1.29, 1.82) is 0 Å². The number of carboxylic acid groups (broad SMARTS) is 1. The lowest BCUT2D eigenvalue weighted by molar-refractivity contribution is -0.123. The Morgan fingerprint density at radius 3 is 2.74 bits per heavy atom. The molecule has 0 aliphatic carbocycles. The van der Waals surface area contributed by atoms with Crippen molar-refractivity contribution in [2.75, 3.05) is 26.3 Å². The number of aromatic amines is 1. The zero-order chi connectivity index (χ0) is 22.6. The second-order valence-electron chi connectivity index (χ2n) is 6.54. The maximum Gasteiger partial charge on any atom is 0.290 e. The first kappa shape index (κ1) is 24.0. The van der Waals surface area contributed by atoms with Gasteiger partial charge in [0.2, 0.25) is 5.91 Å². The van der Waals surface area contributed by atoms with E-state index in [1.807, 2.05) is 12.1 Å². The van der Waals surface area contributed by atoms with Gasteiger partial charge in [-0.05, 0) is 24.1 Å². The Kier molecular flexibility index (Phi) is 9.66. The lowest BCUT2D eigenvalue weighted by Crippen LogP contribution is -2.51. The van der Waals surface area contributed by atoms with Gasteiger partial charge in [0, 0.05) is 30.5 Å². The number of nitrogens with one attached hydrogen (secondary N) is 2. The second kappa shape index (κ2) is 12.5. The van der Waals surface area contributed by atoms with Crippen molar-refractivity contribution in [3.63, 3.8) is 0 Å².